The largest absolute Gasteiger partial charge is 0.471 e. The predicted molar refractivity (Wildman–Crippen MR) is 174 cm³/mol. The van der Waals surface area contributed by atoms with E-state index in [4.69, 9.17) is 21.3 Å². The van der Waals surface area contributed by atoms with Crippen LogP contribution in [-0.2, 0) is 16.1 Å². The molecule has 2 aromatic rings. The van der Waals surface area contributed by atoms with Gasteiger partial charge in [0, 0.05) is 45.8 Å². The van der Waals surface area contributed by atoms with E-state index in [1.807, 2.05) is 57.2 Å². The van der Waals surface area contributed by atoms with Crippen molar-refractivity contribution < 1.29 is 9.53 Å². The number of hydrogen-bond donors (Lipinski definition) is 2. The standard InChI is InChI=1S/C32H34ClN7O2S/c1-17(2)36-39-31-25-12-11-24(14-22(25)16-42-31)34-27(41)15-26-30-38-37-20(5)40(30)32-28(18(3)13-19(4)43-32)29(35-26)21-7-6-8-23(33)10-9-21/h6-7,9-14,17-18,26,36H,8,15-16H2,1-5H3,(H,34,41)/b39-31+/t18?,26-/m0/s1. The van der Waals surface area contributed by atoms with Crippen molar-refractivity contribution in [2.75, 3.05) is 5.32 Å². The van der Waals surface area contributed by atoms with Crippen molar-refractivity contribution in [2.24, 2.45) is 16.0 Å². The van der Waals surface area contributed by atoms with Gasteiger partial charge < -0.3 is 15.5 Å². The highest BCUT2D eigenvalue weighted by Gasteiger charge is 2.35. The number of ether oxygens (including phenoxy) is 1. The van der Waals surface area contributed by atoms with Crippen molar-refractivity contribution in [3.8, 4) is 0 Å². The number of halogens is 1. The van der Waals surface area contributed by atoms with Crippen LogP contribution < -0.4 is 10.7 Å². The molecule has 4 heterocycles. The van der Waals surface area contributed by atoms with Gasteiger partial charge in [0.1, 0.15) is 18.5 Å². The summed E-state index contributed by atoms with van der Waals surface area (Å²) in [5.74, 6) is 1.90. The van der Waals surface area contributed by atoms with Crippen molar-refractivity contribution >= 4 is 51.6 Å². The van der Waals surface area contributed by atoms with E-state index < -0.39 is 6.04 Å². The second-order valence-electron chi connectivity index (χ2n) is 11.3. The average molecular weight is 616 g/mol. The number of carbonyl (C=O) groups is 1. The Labute approximate surface area is 260 Å². The maximum Gasteiger partial charge on any atom is 0.238 e. The quantitative estimate of drug-likeness (QED) is 0.348. The first-order chi connectivity index (χ1) is 20.7. The molecular weight excluding hydrogens is 582 g/mol. The van der Waals surface area contributed by atoms with Crippen molar-refractivity contribution in [3.05, 3.63) is 92.4 Å². The zero-order valence-corrected chi connectivity index (χ0v) is 26.4. The van der Waals surface area contributed by atoms with Gasteiger partial charge in [-0.3, -0.25) is 14.4 Å². The summed E-state index contributed by atoms with van der Waals surface area (Å²) in [5, 5.41) is 18.2. The number of rotatable bonds is 6. The van der Waals surface area contributed by atoms with Gasteiger partial charge in [-0.2, -0.15) is 0 Å². The summed E-state index contributed by atoms with van der Waals surface area (Å²) in [6.07, 6.45) is 11.1. The smallest absolute Gasteiger partial charge is 0.238 e. The molecule has 0 bridgehead atoms. The molecular formula is C32H34ClN7O2S. The number of fused-ring (bicyclic) bond motifs is 3. The predicted octanol–water partition coefficient (Wildman–Crippen LogP) is 6.77. The van der Waals surface area contributed by atoms with Gasteiger partial charge in [0.2, 0.25) is 11.8 Å². The van der Waals surface area contributed by atoms with Crippen LogP contribution in [0.4, 0.5) is 5.69 Å². The highest BCUT2D eigenvalue weighted by atomic mass is 35.5. The van der Waals surface area contributed by atoms with Crippen molar-refractivity contribution in [1.29, 1.82) is 0 Å². The number of thioether (sulfide) groups is 1. The molecule has 9 nitrogen and oxygen atoms in total. The van der Waals surface area contributed by atoms with Crippen LogP contribution >= 0.6 is 23.4 Å². The fourth-order valence-electron chi connectivity index (χ4n) is 5.50. The number of hydrazone groups is 1. The lowest BCUT2D eigenvalue weighted by atomic mass is 9.91. The van der Waals surface area contributed by atoms with Crippen molar-refractivity contribution in [3.63, 3.8) is 0 Å². The normalized spacial score (nSPS) is 22.0. The summed E-state index contributed by atoms with van der Waals surface area (Å²) in [5.41, 5.74) is 8.50. The number of nitrogens with one attached hydrogen (secondary N) is 2. The van der Waals surface area contributed by atoms with E-state index in [0.717, 1.165) is 43.9 Å². The van der Waals surface area contributed by atoms with Crippen molar-refractivity contribution in [2.45, 2.75) is 66.2 Å². The van der Waals surface area contributed by atoms with E-state index in [1.54, 1.807) is 11.8 Å². The molecule has 6 rings (SSSR count). The maximum atomic E-state index is 13.6. The summed E-state index contributed by atoms with van der Waals surface area (Å²) in [6.45, 7) is 10.7. The molecule has 43 heavy (non-hydrogen) atoms. The molecule has 0 saturated heterocycles. The van der Waals surface area contributed by atoms with Crippen LogP contribution in [0.3, 0.4) is 0 Å². The molecule has 1 amide bonds. The van der Waals surface area contributed by atoms with Gasteiger partial charge in [-0.1, -0.05) is 54.6 Å². The van der Waals surface area contributed by atoms with Gasteiger partial charge in [0.15, 0.2) is 5.82 Å². The Morgan fingerprint density at radius 1 is 1.26 bits per heavy atom. The van der Waals surface area contributed by atoms with Gasteiger partial charge in [-0.25, -0.2) is 0 Å². The molecule has 0 radical (unpaired) electrons. The van der Waals surface area contributed by atoms with E-state index >= 15 is 0 Å². The molecule has 2 atom stereocenters. The Bertz CT molecular complexity index is 1710. The average Bonchev–Trinajstić information content (AvgIpc) is 3.42. The minimum atomic E-state index is -0.550. The number of anilines is 1. The zero-order chi connectivity index (χ0) is 30.2. The van der Waals surface area contributed by atoms with Crippen LogP contribution in [0.15, 0.2) is 79.8 Å². The van der Waals surface area contributed by atoms with Crippen molar-refractivity contribution in [1.82, 2.24) is 20.2 Å². The Morgan fingerprint density at radius 2 is 2.09 bits per heavy atom. The number of carbonyl (C=O) groups excluding carboxylic acids is 1. The number of hydrogen-bond acceptors (Lipinski definition) is 8. The third-order valence-electron chi connectivity index (χ3n) is 7.43. The molecule has 1 aromatic heterocycles. The number of allylic oxidation sites excluding steroid dienone is 9. The van der Waals surface area contributed by atoms with Gasteiger partial charge in [0.05, 0.1) is 17.2 Å². The molecule has 1 aromatic carbocycles. The topological polar surface area (TPSA) is 106 Å². The van der Waals surface area contributed by atoms with Crippen LogP contribution in [0.1, 0.15) is 69.4 Å². The van der Waals surface area contributed by atoms with Gasteiger partial charge >= 0.3 is 0 Å². The Kier molecular flexibility index (Phi) is 8.15. The van der Waals surface area contributed by atoms with E-state index in [1.165, 1.54) is 4.91 Å². The molecule has 3 aliphatic heterocycles. The number of aryl methyl sites for hydroxylation is 1. The van der Waals surface area contributed by atoms with Crippen LogP contribution in [0, 0.1) is 12.8 Å². The third-order valence-corrected chi connectivity index (χ3v) is 8.77. The number of aromatic nitrogens is 3. The number of aliphatic imine (C=N–C) groups is 1. The number of benzene rings is 1. The Balaban J connectivity index is 1.33. The monoisotopic (exact) mass is 615 g/mol. The van der Waals surface area contributed by atoms with Crippen LogP contribution in [0.25, 0.3) is 5.03 Å². The van der Waals surface area contributed by atoms with E-state index in [9.17, 15) is 4.79 Å². The van der Waals surface area contributed by atoms with E-state index in [0.29, 0.717) is 30.4 Å². The van der Waals surface area contributed by atoms with Gasteiger partial charge in [-0.15, -0.1) is 15.3 Å². The van der Waals surface area contributed by atoms with E-state index in [2.05, 4.69) is 56.6 Å². The lowest BCUT2D eigenvalue weighted by Gasteiger charge is -2.25. The summed E-state index contributed by atoms with van der Waals surface area (Å²) >= 11 is 8.06. The molecule has 1 aliphatic carbocycles. The Morgan fingerprint density at radius 3 is 2.91 bits per heavy atom. The lowest BCUT2D eigenvalue weighted by Crippen LogP contribution is -2.19. The fourth-order valence-corrected chi connectivity index (χ4v) is 6.94. The molecule has 1 unspecified atom stereocenters. The fraction of sp³-hybridized carbons (Fsp3) is 0.344. The minimum absolute atomic E-state index is 0.0971. The molecule has 0 spiro atoms. The maximum absolute atomic E-state index is 13.6. The van der Waals surface area contributed by atoms with E-state index in [-0.39, 0.29) is 24.3 Å². The first-order valence-corrected chi connectivity index (χ1v) is 15.6. The third kappa shape index (κ3) is 5.99. The number of amides is 1. The van der Waals surface area contributed by atoms with Gasteiger partial charge in [0.25, 0.3) is 0 Å². The van der Waals surface area contributed by atoms with Crippen LogP contribution in [0.2, 0.25) is 0 Å². The molecule has 222 valence electrons. The highest BCUT2D eigenvalue weighted by Crippen LogP contribution is 2.46. The van der Waals surface area contributed by atoms with Gasteiger partial charge in [-0.05, 0) is 62.4 Å². The second-order valence-corrected chi connectivity index (χ2v) is 13.0. The Hall–Kier alpha value is -3.89. The molecule has 0 saturated carbocycles. The first-order valence-electron chi connectivity index (χ1n) is 14.4. The highest BCUT2D eigenvalue weighted by molar-refractivity contribution is 8.11. The minimum Gasteiger partial charge on any atom is -0.471 e. The van der Waals surface area contributed by atoms with Crippen LogP contribution in [-0.4, -0.2) is 38.3 Å². The molecule has 0 fully saturated rings. The summed E-state index contributed by atoms with van der Waals surface area (Å²) in [6, 6.07) is 5.38. The number of nitrogens with zero attached hydrogens (tertiary/aromatic N) is 5. The molecule has 4 aliphatic rings. The second kappa shape index (κ2) is 12.0. The lowest BCUT2D eigenvalue weighted by molar-refractivity contribution is -0.116. The first kappa shape index (κ1) is 29.2. The summed E-state index contributed by atoms with van der Waals surface area (Å²) < 4.78 is 7.84. The summed E-state index contributed by atoms with van der Waals surface area (Å²) in [7, 11) is 0. The van der Waals surface area contributed by atoms with Crippen LogP contribution in [0.5, 0.6) is 0 Å². The SMILES string of the molecule is CC1=CC(C)C2=C(S1)n1c(C)nnc1[C@H](CC(=O)Nc1ccc3c(c1)CO/C3=N/NC(C)C)N=C2C1=CC=C(Cl)CC=C1. The zero-order valence-electron chi connectivity index (χ0n) is 24.8. The molecule has 11 heteroatoms. The summed E-state index contributed by atoms with van der Waals surface area (Å²) in [4.78, 5) is 20.0. The molecule has 2 N–H and O–H groups in total.